The number of rotatable bonds is 4. The summed E-state index contributed by atoms with van der Waals surface area (Å²) >= 11 is 0. The molecule has 9 heteroatoms. The van der Waals surface area contributed by atoms with Gasteiger partial charge in [-0.25, -0.2) is 8.42 Å². The highest BCUT2D eigenvalue weighted by Gasteiger charge is 2.28. The molecule has 3 aromatic rings. The molecule has 0 unspecified atom stereocenters. The fraction of sp³-hybridized carbons (Fsp3) is 0.273. The van der Waals surface area contributed by atoms with Crippen molar-refractivity contribution in [2.75, 3.05) is 19.3 Å². The van der Waals surface area contributed by atoms with Crippen LogP contribution in [-0.2, 0) is 9.84 Å². The van der Waals surface area contributed by atoms with E-state index in [1.807, 2.05) is 0 Å². The lowest BCUT2D eigenvalue weighted by atomic mass is 9.96. The molecule has 0 N–H and O–H groups in total. The number of likely N-dealkylation sites (tertiary alicyclic amines) is 1. The van der Waals surface area contributed by atoms with Crippen molar-refractivity contribution < 1.29 is 17.7 Å². The first kappa shape index (κ1) is 20.8. The van der Waals surface area contributed by atoms with Crippen molar-refractivity contribution in [3.63, 3.8) is 0 Å². The maximum Gasteiger partial charge on any atom is 0.253 e. The molecule has 0 bridgehead atoms. The van der Waals surface area contributed by atoms with E-state index in [-0.39, 0.29) is 16.7 Å². The molecule has 1 aromatic heterocycles. The van der Waals surface area contributed by atoms with Gasteiger partial charge in [-0.15, -0.1) is 0 Å². The van der Waals surface area contributed by atoms with E-state index in [4.69, 9.17) is 9.78 Å². The summed E-state index contributed by atoms with van der Waals surface area (Å²) < 4.78 is 28.6. The van der Waals surface area contributed by atoms with Gasteiger partial charge >= 0.3 is 0 Å². The summed E-state index contributed by atoms with van der Waals surface area (Å²) in [4.78, 5) is 19.2. The molecule has 1 amide bonds. The third-order valence-corrected chi connectivity index (χ3v) is 6.48. The van der Waals surface area contributed by atoms with Gasteiger partial charge in [-0.05, 0) is 55.3 Å². The summed E-state index contributed by atoms with van der Waals surface area (Å²) in [5.74, 6) is 0.876. The van der Waals surface area contributed by atoms with Crippen LogP contribution in [0.1, 0.15) is 40.6 Å². The topological polar surface area (TPSA) is 117 Å². The Balaban J connectivity index is 1.41. The van der Waals surface area contributed by atoms with Crippen molar-refractivity contribution in [3.05, 3.63) is 65.5 Å². The fourth-order valence-corrected chi connectivity index (χ4v) is 4.23. The number of sulfone groups is 1. The number of carbonyl (C=O) groups excluding carboxylic acids is 1. The highest BCUT2D eigenvalue weighted by molar-refractivity contribution is 7.90. The molecule has 8 nitrogen and oxygen atoms in total. The molecule has 1 fully saturated rings. The summed E-state index contributed by atoms with van der Waals surface area (Å²) in [6, 6.07) is 15.1. The van der Waals surface area contributed by atoms with Crippen LogP contribution in [0.2, 0.25) is 0 Å². The number of aromatic nitrogens is 2. The minimum absolute atomic E-state index is 0.0473. The molecule has 1 saturated heterocycles. The van der Waals surface area contributed by atoms with Crippen LogP contribution in [0.5, 0.6) is 0 Å². The van der Waals surface area contributed by atoms with E-state index in [0.29, 0.717) is 54.3 Å². The third kappa shape index (κ3) is 4.49. The second-order valence-corrected chi connectivity index (χ2v) is 9.53. The Morgan fingerprint density at radius 2 is 1.87 bits per heavy atom. The largest absolute Gasteiger partial charge is 0.339 e. The normalized spacial score (nSPS) is 14.9. The predicted octanol–water partition coefficient (Wildman–Crippen LogP) is 3.03. The van der Waals surface area contributed by atoms with Crippen LogP contribution < -0.4 is 0 Å². The zero-order valence-corrected chi connectivity index (χ0v) is 17.7. The second kappa shape index (κ2) is 8.32. The molecule has 0 radical (unpaired) electrons. The number of piperidine rings is 1. The van der Waals surface area contributed by atoms with Crippen molar-refractivity contribution in [1.82, 2.24) is 15.0 Å². The minimum Gasteiger partial charge on any atom is -0.339 e. The van der Waals surface area contributed by atoms with Crippen LogP contribution >= 0.6 is 0 Å². The van der Waals surface area contributed by atoms with Crippen LogP contribution in [0, 0.1) is 11.3 Å². The van der Waals surface area contributed by atoms with E-state index in [1.54, 1.807) is 41.3 Å². The summed E-state index contributed by atoms with van der Waals surface area (Å²) in [5, 5.41) is 13.1. The smallest absolute Gasteiger partial charge is 0.253 e. The Labute approximate surface area is 180 Å². The maximum atomic E-state index is 12.7. The van der Waals surface area contributed by atoms with Gasteiger partial charge < -0.3 is 9.42 Å². The summed E-state index contributed by atoms with van der Waals surface area (Å²) in [6.07, 6.45) is 2.54. The summed E-state index contributed by atoms with van der Waals surface area (Å²) in [5.41, 5.74) is 1.64. The predicted molar refractivity (Wildman–Crippen MR) is 112 cm³/mol. The molecular formula is C22H20N4O4S. The van der Waals surface area contributed by atoms with Gasteiger partial charge in [-0.1, -0.05) is 11.2 Å². The molecule has 0 saturated carbocycles. The lowest BCUT2D eigenvalue weighted by molar-refractivity contribution is 0.0704. The fourth-order valence-electron chi connectivity index (χ4n) is 3.60. The number of nitrogens with zero attached hydrogens (tertiary/aromatic N) is 4. The van der Waals surface area contributed by atoms with E-state index < -0.39 is 9.84 Å². The van der Waals surface area contributed by atoms with Gasteiger partial charge in [0.05, 0.1) is 16.5 Å². The molecule has 2 aromatic carbocycles. The second-order valence-electron chi connectivity index (χ2n) is 7.51. The van der Waals surface area contributed by atoms with Crippen LogP contribution in [0.3, 0.4) is 0 Å². The number of hydrogen-bond donors (Lipinski definition) is 0. The lowest BCUT2D eigenvalue weighted by Gasteiger charge is -2.30. The van der Waals surface area contributed by atoms with Gasteiger partial charge in [0, 0.05) is 36.4 Å². The Kier molecular flexibility index (Phi) is 5.57. The minimum atomic E-state index is -3.26. The van der Waals surface area contributed by atoms with Crippen LogP contribution in [-0.4, -0.2) is 48.7 Å². The van der Waals surface area contributed by atoms with Crippen LogP contribution in [0.15, 0.2) is 57.9 Å². The Hall–Kier alpha value is -3.51. The average Bonchev–Trinajstić information content (AvgIpc) is 3.28. The molecule has 1 aliphatic rings. The molecule has 31 heavy (non-hydrogen) atoms. The highest BCUT2D eigenvalue weighted by Crippen LogP contribution is 2.29. The monoisotopic (exact) mass is 436 g/mol. The van der Waals surface area contributed by atoms with Gasteiger partial charge in [-0.3, -0.25) is 4.79 Å². The van der Waals surface area contributed by atoms with E-state index in [2.05, 4.69) is 16.2 Å². The first-order valence-electron chi connectivity index (χ1n) is 9.78. The summed E-state index contributed by atoms with van der Waals surface area (Å²) in [7, 11) is -3.26. The maximum absolute atomic E-state index is 12.7. The zero-order chi connectivity index (χ0) is 22.0. The van der Waals surface area contributed by atoms with E-state index >= 15 is 0 Å². The van der Waals surface area contributed by atoms with E-state index in [1.165, 1.54) is 12.1 Å². The van der Waals surface area contributed by atoms with Gasteiger partial charge in [-0.2, -0.15) is 10.2 Å². The Bertz CT molecular complexity index is 1250. The van der Waals surface area contributed by atoms with Gasteiger partial charge in [0.15, 0.2) is 9.84 Å². The van der Waals surface area contributed by atoms with Crippen molar-refractivity contribution >= 4 is 15.7 Å². The van der Waals surface area contributed by atoms with E-state index in [9.17, 15) is 13.2 Å². The van der Waals surface area contributed by atoms with Crippen molar-refractivity contribution in [2.24, 2.45) is 0 Å². The first-order valence-corrected chi connectivity index (χ1v) is 11.7. The first-order chi connectivity index (χ1) is 14.8. The molecule has 2 heterocycles. The van der Waals surface area contributed by atoms with Gasteiger partial charge in [0.2, 0.25) is 11.7 Å². The number of benzene rings is 2. The van der Waals surface area contributed by atoms with E-state index in [0.717, 1.165) is 6.26 Å². The third-order valence-electron chi connectivity index (χ3n) is 5.35. The standard InChI is InChI=1S/C22H20N4O4S/c1-31(28,29)19-7-5-16(6-8-19)20-24-21(30-25-20)17-9-11-26(12-10-17)22(27)18-4-2-3-15(13-18)14-23/h2-8,13,17H,9-12H2,1H3. The van der Waals surface area contributed by atoms with Crippen LogP contribution in [0.4, 0.5) is 0 Å². The Morgan fingerprint density at radius 3 is 2.52 bits per heavy atom. The van der Waals surface area contributed by atoms with Crippen molar-refractivity contribution in [3.8, 4) is 17.5 Å². The Morgan fingerprint density at radius 1 is 1.16 bits per heavy atom. The molecule has 0 aliphatic carbocycles. The number of carbonyl (C=O) groups is 1. The number of amides is 1. The molecule has 1 aliphatic heterocycles. The van der Waals surface area contributed by atoms with Crippen LogP contribution in [0.25, 0.3) is 11.4 Å². The number of hydrogen-bond acceptors (Lipinski definition) is 7. The van der Waals surface area contributed by atoms with Crippen molar-refractivity contribution in [1.29, 1.82) is 5.26 Å². The summed E-state index contributed by atoms with van der Waals surface area (Å²) in [6.45, 7) is 1.11. The zero-order valence-electron chi connectivity index (χ0n) is 16.9. The quantitative estimate of drug-likeness (QED) is 0.617. The molecule has 158 valence electrons. The molecule has 0 spiro atoms. The van der Waals surface area contributed by atoms with Gasteiger partial charge in [0.25, 0.3) is 5.91 Å². The lowest BCUT2D eigenvalue weighted by Crippen LogP contribution is -2.38. The average molecular weight is 436 g/mol. The molecular weight excluding hydrogens is 416 g/mol. The SMILES string of the molecule is CS(=O)(=O)c1ccc(-c2noc(C3CCN(C(=O)c4cccc(C#N)c4)CC3)n2)cc1. The molecule has 4 rings (SSSR count). The van der Waals surface area contributed by atoms with Gasteiger partial charge in [0.1, 0.15) is 0 Å². The number of nitriles is 1. The molecule has 0 atom stereocenters. The van der Waals surface area contributed by atoms with Crippen molar-refractivity contribution in [2.45, 2.75) is 23.7 Å². The highest BCUT2D eigenvalue weighted by atomic mass is 32.2.